The normalized spacial score (nSPS) is 10.1. The van der Waals surface area contributed by atoms with E-state index in [-0.39, 0.29) is 0 Å². The molecule has 0 radical (unpaired) electrons. The molecular weight excluding hydrogens is 226 g/mol. The van der Waals surface area contributed by atoms with E-state index < -0.39 is 0 Å². The van der Waals surface area contributed by atoms with Crippen LogP contribution in [-0.2, 0) is 0 Å². The van der Waals surface area contributed by atoms with Crippen LogP contribution in [0.25, 0.3) is 0 Å². The molecule has 0 aliphatic heterocycles. The van der Waals surface area contributed by atoms with Gasteiger partial charge in [-0.25, -0.2) is 9.97 Å². The van der Waals surface area contributed by atoms with E-state index in [4.69, 9.17) is 22.1 Å². The van der Waals surface area contributed by atoms with Gasteiger partial charge < -0.3 is 10.5 Å². The molecule has 0 amide bonds. The van der Waals surface area contributed by atoms with Crippen molar-refractivity contribution in [2.45, 2.75) is 6.92 Å². The van der Waals surface area contributed by atoms with Crippen molar-refractivity contribution >= 4 is 17.4 Å². The Labute approximate surface area is 98.0 Å². The third kappa shape index (κ3) is 2.23. The molecule has 0 fully saturated rings. The van der Waals surface area contributed by atoms with Crippen molar-refractivity contribution in [2.75, 3.05) is 5.73 Å². The number of hydrogen-bond acceptors (Lipinski definition) is 4. The summed E-state index contributed by atoms with van der Waals surface area (Å²) >= 11 is 5.77. The molecule has 82 valence electrons. The van der Waals surface area contributed by atoms with Crippen molar-refractivity contribution in [1.29, 1.82) is 0 Å². The van der Waals surface area contributed by atoms with Crippen molar-refractivity contribution in [3.05, 3.63) is 41.2 Å². The Hall–Kier alpha value is -1.81. The topological polar surface area (TPSA) is 61.0 Å². The van der Waals surface area contributed by atoms with Crippen molar-refractivity contribution in [3.63, 3.8) is 0 Å². The van der Waals surface area contributed by atoms with Gasteiger partial charge in [0.05, 0.1) is 5.56 Å². The van der Waals surface area contributed by atoms with Crippen LogP contribution in [0, 0.1) is 6.92 Å². The predicted octanol–water partition coefficient (Wildman–Crippen LogP) is 2.81. The minimum atomic E-state index is 0.416. The summed E-state index contributed by atoms with van der Waals surface area (Å²) in [5.74, 6) is 1.53. The van der Waals surface area contributed by atoms with Crippen LogP contribution in [0.2, 0.25) is 5.02 Å². The molecule has 0 aliphatic carbocycles. The Morgan fingerprint density at radius 3 is 2.56 bits per heavy atom. The van der Waals surface area contributed by atoms with Crippen LogP contribution in [-0.4, -0.2) is 9.97 Å². The fourth-order valence-corrected chi connectivity index (χ4v) is 1.29. The molecular formula is C11H10ClN3O. The maximum atomic E-state index is 5.77. The number of rotatable bonds is 2. The molecule has 4 nitrogen and oxygen atoms in total. The van der Waals surface area contributed by atoms with Crippen LogP contribution < -0.4 is 10.5 Å². The molecule has 0 spiro atoms. The molecule has 0 aliphatic rings. The maximum absolute atomic E-state index is 5.77. The number of halogens is 1. The second kappa shape index (κ2) is 4.37. The lowest BCUT2D eigenvalue weighted by atomic mass is 10.3. The van der Waals surface area contributed by atoms with Crippen LogP contribution in [0.1, 0.15) is 5.56 Å². The van der Waals surface area contributed by atoms with Gasteiger partial charge in [0.1, 0.15) is 17.9 Å². The van der Waals surface area contributed by atoms with E-state index in [0.717, 1.165) is 5.56 Å². The summed E-state index contributed by atoms with van der Waals surface area (Å²) in [6.45, 7) is 1.81. The number of aromatic nitrogens is 2. The summed E-state index contributed by atoms with van der Waals surface area (Å²) in [6.07, 6.45) is 1.37. The Morgan fingerprint density at radius 1 is 1.19 bits per heavy atom. The van der Waals surface area contributed by atoms with Gasteiger partial charge in [-0.1, -0.05) is 11.6 Å². The molecule has 0 unspecified atom stereocenters. The summed E-state index contributed by atoms with van der Waals surface area (Å²) in [6, 6.07) is 7.02. The van der Waals surface area contributed by atoms with Gasteiger partial charge in [-0.2, -0.15) is 0 Å². The molecule has 0 bridgehead atoms. The Morgan fingerprint density at radius 2 is 1.88 bits per heavy atom. The number of hydrogen-bond donors (Lipinski definition) is 1. The van der Waals surface area contributed by atoms with Crippen LogP contribution in [0.5, 0.6) is 11.6 Å². The number of anilines is 1. The van der Waals surface area contributed by atoms with E-state index in [1.165, 1.54) is 6.33 Å². The highest BCUT2D eigenvalue weighted by Gasteiger charge is 2.06. The molecule has 1 heterocycles. The molecule has 1 aromatic heterocycles. The lowest BCUT2D eigenvalue weighted by molar-refractivity contribution is 0.458. The Bertz CT molecular complexity index is 499. The number of nitrogens with zero attached hydrogens (tertiary/aromatic N) is 2. The molecule has 0 saturated heterocycles. The van der Waals surface area contributed by atoms with Crippen molar-refractivity contribution in [1.82, 2.24) is 9.97 Å². The van der Waals surface area contributed by atoms with E-state index >= 15 is 0 Å². The molecule has 2 N–H and O–H groups in total. The van der Waals surface area contributed by atoms with Gasteiger partial charge >= 0.3 is 0 Å². The fraction of sp³-hybridized carbons (Fsp3) is 0.0909. The molecule has 2 aromatic rings. The van der Waals surface area contributed by atoms with Crippen LogP contribution in [0.3, 0.4) is 0 Å². The lowest BCUT2D eigenvalue weighted by Crippen LogP contribution is -1.98. The van der Waals surface area contributed by atoms with Crippen LogP contribution in [0.15, 0.2) is 30.6 Å². The largest absolute Gasteiger partial charge is 0.439 e. The van der Waals surface area contributed by atoms with E-state index in [1.807, 2.05) is 0 Å². The van der Waals surface area contributed by atoms with Gasteiger partial charge in [-0.3, -0.25) is 0 Å². The second-order valence-electron chi connectivity index (χ2n) is 3.25. The second-order valence-corrected chi connectivity index (χ2v) is 3.68. The minimum Gasteiger partial charge on any atom is -0.439 e. The van der Waals surface area contributed by atoms with Gasteiger partial charge in [-0.05, 0) is 31.2 Å². The van der Waals surface area contributed by atoms with Gasteiger partial charge in [0.25, 0.3) is 0 Å². The third-order valence-electron chi connectivity index (χ3n) is 2.10. The first kappa shape index (κ1) is 10.7. The zero-order valence-electron chi connectivity index (χ0n) is 8.64. The van der Waals surface area contributed by atoms with Gasteiger partial charge in [0.15, 0.2) is 0 Å². The molecule has 5 heteroatoms. The Balaban J connectivity index is 2.27. The predicted molar refractivity (Wildman–Crippen MR) is 62.7 cm³/mol. The van der Waals surface area contributed by atoms with Crippen LogP contribution in [0.4, 0.5) is 5.82 Å². The summed E-state index contributed by atoms with van der Waals surface area (Å²) in [4.78, 5) is 7.87. The number of benzene rings is 1. The third-order valence-corrected chi connectivity index (χ3v) is 2.36. The summed E-state index contributed by atoms with van der Waals surface area (Å²) < 4.78 is 5.56. The highest BCUT2D eigenvalue weighted by Crippen LogP contribution is 2.25. The number of ether oxygens (including phenoxy) is 1. The van der Waals surface area contributed by atoms with Crippen molar-refractivity contribution in [3.8, 4) is 11.6 Å². The number of nitrogens with two attached hydrogens (primary N) is 1. The zero-order valence-corrected chi connectivity index (χ0v) is 9.40. The standard InChI is InChI=1S/C11H10ClN3O/c1-7-10(13)14-6-15-11(7)16-9-4-2-8(12)3-5-9/h2-6H,1H3,(H2,13,14,15). The van der Waals surface area contributed by atoms with Gasteiger partial charge in [0.2, 0.25) is 5.88 Å². The highest BCUT2D eigenvalue weighted by atomic mass is 35.5. The van der Waals surface area contributed by atoms with E-state index in [0.29, 0.717) is 22.5 Å². The Kier molecular flexibility index (Phi) is 2.92. The average molecular weight is 236 g/mol. The van der Waals surface area contributed by atoms with Crippen LogP contribution >= 0.6 is 11.6 Å². The van der Waals surface area contributed by atoms with Gasteiger partial charge in [0, 0.05) is 5.02 Å². The number of nitrogen functional groups attached to an aromatic ring is 1. The lowest BCUT2D eigenvalue weighted by Gasteiger charge is -2.07. The minimum absolute atomic E-state index is 0.416. The fourth-order valence-electron chi connectivity index (χ4n) is 1.16. The molecule has 1 aromatic carbocycles. The smallest absolute Gasteiger partial charge is 0.227 e. The van der Waals surface area contributed by atoms with E-state index in [1.54, 1.807) is 31.2 Å². The average Bonchev–Trinajstić information content (AvgIpc) is 2.28. The molecule has 0 atom stereocenters. The summed E-state index contributed by atoms with van der Waals surface area (Å²) in [7, 11) is 0. The molecule has 2 rings (SSSR count). The SMILES string of the molecule is Cc1c(N)ncnc1Oc1ccc(Cl)cc1. The van der Waals surface area contributed by atoms with E-state index in [9.17, 15) is 0 Å². The zero-order chi connectivity index (χ0) is 11.5. The monoisotopic (exact) mass is 235 g/mol. The molecule has 16 heavy (non-hydrogen) atoms. The summed E-state index contributed by atoms with van der Waals surface area (Å²) in [5, 5.41) is 0.659. The quantitative estimate of drug-likeness (QED) is 0.870. The van der Waals surface area contributed by atoms with Gasteiger partial charge in [-0.15, -0.1) is 0 Å². The first-order valence-electron chi connectivity index (χ1n) is 4.67. The van der Waals surface area contributed by atoms with Crippen molar-refractivity contribution in [2.24, 2.45) is 0 Å². The highest BCUT2D eigenvalue weighted by molar-refractivity contribution is 6.30. The first-order valence-corrected chi connectivity index (χ1v) is 5.05. The van der Waals surface area contributed by atoms with E-state index in [2.05, 4.69) is 9.97 Å². The molecule has 0 saturated carbocycles. The summed E-state index contributed by atoms with van der Waals surface area (Å²) in [5.41, 5.74) is 6.37. The first-order chi connectivity index (χ1) is 7.66. The van der Waals surface area contributed by atoms with Crippen molar-refractivity contribution < 1.29 is 4.74 Å². The maximum Gasteiger partial charge on any atom is 0.227 e.